The maximum absolute atomic E-state index is 11.7. The number of hydrogen-bond acceptors (Lipinski definition) is 4. The number of sulfone groups is 1. The normalized spacial score (nSPS) is 11.4. The number of carboxylic acids is 1. The van der Waals surface area contributed by atoms with Gasteiger partial charge in [0, 0.05) is 12.4 Å². The van der Waals surface area contributed by atoms with Crippen LogP contribution in [0.15, 0.2) is 23.1 Å². The van der Waals surface area contributed by atoms with E-state index in [1.807, 2.05) is 13.8 Å². The van der Waals surface area contributed by atoms with Gasteiger partial charge in [0.15, 0.2) is 9.84 Å². The molecule has 0 aliphatic heterocycles. The van der Waals surface area contributed by atoms with Crippen LogP contribution in [0.5, 0.6) is 0 Å². The van der Waals surface area contributed by atoms with Crippen LogP contribution in [0.4, 0.5) is 0 Å². The van der Waals surface area contributed by atoms with Crippen LogP contribution in [0.25, 0.3) is 0 Å². The van der Waals surface area contributed by atoms with Crippen molar-refractivity contribution in [2.45, 2.75) is 25.2 Å². The van der Waals surface area contributed by atoms with Gasteiger partial charge in [-0.2, -0.15) is 0 Å². The average Bonchev–Trinajstić information content (AvgIpc) is 2.19. The number of carboxylic acid groups (broad SMARTS) is 1. The second-order valence-electron chi connectivity index (χ2n) is 3.69. The Bertz CT molecular complexity index is 503. The van der Waals surface area contributed by atoms with E-state index in [9.17, 15) is 18.3 Å². The summed E-state index contributed by atoms with van der Waals surface area (Å²) in [6.07, 6.45) is -0.477. The molecule has 0 aromatic heterocycles. The van der Waals surface area contributed by atoms with Crippen molar-refractivity contribution in [2.75, 3.05) is 5.75 Å². The Labute approximate surface area is 94.8 Å². The average molecular weight is 241 g/mol. The van der Waals surface area contributed by atoms with Gasteiger partial charge in [0.2, 0.25) is 0 Å². The number of carbonyl (C=O) groups excluding carboxylic acids is 1. The van der Waals surface area contributed by atoms with E-state index < -0.39 is 28.0 Å². The van der Waals surface area contributed by atoms with Crippen molar-refractivity contribution >= 4 is 15.8 Å². The Balaban J connectivity index is 2.99. The highest BCUT2D eigenvalue weighted by Crippen LogP contribution is 2.16. The third-order valence-corrected chi connectivity index (χ3v) is 4.13. The highest BCUT2D eigenvalue weighted by molar-refractivity contribution is 7.91. The van der Waals surface area contributed by atoms with E-state index in [2.05, 4.69) is 0 Å². The Hall–Kier alpha value is -1.36. The van der Waals surface area contributed by atoms with Crippen molar-refractivity contribution in [2.24, 2.45) is 0 Å². The zero-order valence-electron chi connectivity index (χ0n) is 9.19. The van der Waals surface area contributed by atoms with E-state index in [4.69, 9.17) is 0 Å². The van der Waals surface area contributed by atoms with Crippen LogP contribution in [0, 0.1) is 13.8 Å². The molecule has 0 aliphatic carbocycles. The Morgan fingerprint density at radius 3 is 2.38 bits per heavy atom. The summed E-state index contributed by atoms with van der Waals surface area (Å²) >= 11 is 0. The lowest BCUT2D eigenvalue weighted by Gasteiger charge is -2.07. The predicted octanol–water partition coefficient (Wildman–Crippen LogP) is 0.217. The monoisotopic (exact) mass is 241 g/mol. The molecule has 1 aromatic carbocycles. The highest BCUT2D eigenvalue weighted by atomic mass is 32.2. The smallest absolute Gasteiger partial charge is 0.178 e. The maximum Gasteiger partial charge on any atom is 0.178 e. The molecular weight excluding hydrogens is 228 g/mol. The molecule has 0 fully saturated rings. The molecule has 0 radical (unpaired) electrons. The Morgan fingerprint density at radius 1 is 1.25 bits per heavy atom. The van der Waals surface area contributed by atoms with Gasteiger partial charge in [-0.15, -0.1) is 0 Å². The molecule has 0 amide bonds. The Kier molecular flexibility index (Phi) is 3.70. The summed E-state index contributed by atoms with van der Waals surface area (Å²) in [4.78, 5) is 10.4. The van der Waals surface area contributed by atoms with Gasteiger partial charge in [-0.1, -0.05) is 6.07 Å². The number of carbonyl (C=O) groups is 1. The van der Waals surface area contributed by atoms with Crippen LogP contribution in [0.3, 0.4) is 0 Å². The molecule has 1 aromatic rings. The summed E-state index contributed by atoms with van der Waals surface area (Å²) in [7, 11) is -3.52. The topological polar surface area (TPSA) is 74.3 Å². The van der Waals surface area contributed by atoms with Crippen molar-refractivity contribution in [1.29, 1.82) is 0 Å². The molecule has 0 saturated heterocycles. The van der Waals surface area contributed by atoms with E-state index in [1.165, 1.54) is 6.07 Å². The lowest BCUT2D eigenvalue weighted by atomic mass is 10.1. The van der Waals surface area contributed by atoms with Gasteiger partial charge in [0.25, 0.3) is 0 Å². The summed E-state index contributed by atoms with van der Waals surface area (Å²) in [5.74, 6) is -1.77. The molecular formula is C11H13O4S-. The van der Waals surface area contributed by atoms with Gasteiger partial charge in [0.1, 0.15) is 0 Å². The Morgan fingerprint density at radius 2 is 1.88 bits per heavy atom. The summed E-state index contributed by atoms with van der Waals surface area (Å²) in [6, 6.07) is 4.76. The largest absolute Gasteiger partial charge is 0.550 e. The number of aryl methyl sites for hydroxylation is 2. The van der Waals surface area contributed by atoms with Crippen molar-refractivity contribution < 1.29 is 18.3 Å². The third-order valence-electron chi connectivity index (χ3n) is 2.41. The SMILES string of the molecule is Cc1ccc(S(=O)(=O)CCC(=O)[O-])cc1C. The minimum atomic E-state index is -3.52. The molecule has 0 heterocycles. The fraction of sp³-hybridized carbons (Fsp3) is 0.364. The molecule has 0 spiro atoms. The van der Waals surface area contributed by atoms with Crippen LogP contribution >= 0.6 is 0 Å². The molecule has 1 rings (SSSR count). The summed E-state index contributed by atoms with van der Waals surface area (Å²) < 4.78 is 23.4. The number of hydrogen-bond donors (Lipinski definition) is 0. The molecule has 5 heteroatoms. The number of aliphatic carboxylic acids is 1. The number of benzene rings is 1. The van der Waals surface area contributed by atoms with Gasteiger partial charge < -0.3 is 9.90 Å². The maximum atomic E-state index is 11.7. The lowest BCUT2D eigenvalue weighted by molar-refractivity contribution is -0.305. The third kappa shape index (κ3) is 3.06. The summed E-state index contributed by atoms with van der Waals surface area (Å²) in [6.45, 7) is 3.69. The molecule has 0 N–H and O–H groups in total. The fourth-order valence-corrected chi connectivity index (χ4v) is 2.55. The molecule has 16 heavy (non-hydrogen) atoms. The molecule has 88 valence electrons. The van der Waals surface area contributed by atoms with Gasteiger partial charge in [-0.3, -0.25) is 0 Å². The van der Waals surface area contributed by atoms with Crippen LogP contribution in [-0.4, -0.2) is 20.1 Å². The summed E-state index contributed by atoms with van der Waals surface area (Å²) in [5, 5.41) is 10.2. The molecule has 0 saturated carbocycles. The van der Waals surface area contributed by atoms with Crippen molar-refractivity contribution in [3.8, 4) is 0 Å². The molecule has 4 nitrogen and oxygen atoms in total. The van der Waals surface area contributed by atoms with Crippen LogP contribution in [-0.2, 0) is 14.6 Å². The van der Waals surface area contributed by atoms with Gasteiger partial charge in [0.05, 0.1) is 10.6 Å². The van der Waals surface area contributed by atoms with E-state index in [-0.39, 0.29) is 4.90 Å². The van der Waals surface area contributed by atoms with Crippen molar-refractivity contribution in [3.05, 3.63) is 29.3 Å². The van der Waals surface area contributed by atoms with E-state index in [0.29, 0.717) is 0 Å². The number of rotatable bonds is 4. The van der Waals surface area contributed by atoms with E-state index in [1.54, 1.807) is 12.1 Å². The summed E-state index contributed by atoms with van der Waals surface area (Å²) in [5.41, 5.74) is 1.87. The second-order valence-corrected chi connectivity index (χ2v) is 5.80. The van der Waals surface area contributed by atoms with Crippen LogP contribution in [0.2, 0.25) is 0 Å². The molecule has 0 aliphatic rings. The first-order valence-electron chi connectivity index (χ1n) is 4.83. The van der Waals surface area contributed by atoms with Crippen molar-refractivity contribution in [3.63, 3.8) is 0 Å². The van der Waals surface area contributed by atoms with E-state index in [0.717, 1.165) is 11.1 Å². The standard InChI is InChI=1S/C11H14O4S/c1-8-3-4-10(7-9(8)2)16(14,15)6-5-11(12)13/h3-4,7H,5-6H2,1-2H3,(H,12,13)/p-1. The van der Waals surface area contributed by atoms with Crippen LogP contribution in [0.1, 0.15) is 17.5 Å². The fourth-order valence-electron chi connectivity index (χ4n) is 1.24. The molecule has 0 bridgehead atoms. The van der Waals surface area contributed by atoms with Gasteiger partial charge in [-0.25, -0.2) is 8.42 Å². The molecule has 0 atom stereocenters. The first-order valence-corrected chi connectivity index (χ1v) is 6.48. The zero-order valence-corrected chi connectivity index (χ0v) is 10.0. The minimum absolute atomic E-state index is 0.164. The minimum Gasteiger partial charge on any atom is -0.550 e. The predicted molar refractivity (Wildman–Crippen MR) is 57.6 cm³/mol. The first-order chi connectivity index (χ1) is 7.33. The van der Waals surface area contributed by atoms with Crippen LogP contribution < -0.4 is 5.11 Å². The van der Waals surface area contributed by atoms with Crippen molar-refractivity contribution in [1.82, 2.24) is 0 Å². The van der Waals surface area contributed by atoms with Gasteiger partial charge >= 0.3 is 0 Å². The molecule has 0 unspecified atom stereocenters. The van der Waals surface area contributed by atoms with Gasteiger partial charge in [-0.05, 0) is 37.1 Å². The quantitative estimate of drug-likeness (QED) is 0.755. The van der Waals surface area contributed by atoms with E-state index >= 15 is 0 Å². The highest BCUT2D eigenvalue weighted by Gasteiger charge is 2.14. The second kappa shape index (κ2) is 4.65. The first kappa shape index (κ1) is 12.7. The lowest BCUT2D eigenvalue weighted by Crippen LogP contribution is -2.25. The zero-order chi connectivity index (χ0) is 12.3.